The van der Waals surface area contributed by atoms with E-state index in [0.717, 1.165) is 18.7 Å². The Balaban J connectivity index is 2.03. The molecule has 1 atom stereocenters. The van der Waals surface area contributed by atoms with Crippen LogP contribution in [-0.2, 0) is 6.42 Å². The smallest absolute Gasteiger partial charge is 0.115 e. The van der Waals surface area contributed by atoms with E-state index in [1.807, 2.05) is 25.3 Å². The summed E-state index contributed by atoms with van der Waals surface area (Å²) in [7, 11) is 0. The highest BCUT2D eigenvalue weighted by Gasteiger charge is 2.22. The fourth-order valence-electron chi connectivity index (χ4n) is 2.47. The number of fused-ring (bicyclic) bond motifs is 1. The van der Waals surface area contributed by atoms with E-state index in [1.165, 1.54) is 16.7 Å². The Kier molecular flexibility index (Phi) is 2.76. The fourth-order valence-corrected chi connectivity index (χ4v) is 2.47. The molecular weight excluding hydrogens is 224 g/mol. The molecule has 3 rings (SSSR count). The maximum absolute atomic E-state index is 9.55. The Labute approximate surface area is 107 Å². The third-order valence-electron chi connectivity index (χ3n) is 3.41. The second-order valence-corrected chi connectivity index (χ2v) is 4.78. The molecular formula is C15H16N2O. The van der Waals surface area contributed by atoms with Gasteiger partial charge in [0.15, 0.2) is 0 Å². The van der Waals surface area contributed by atoms with Crippen LogP contribution in [0.25, 0.3) is 0 Å². The van der Waals surface area contributed by atoms with Crippen LogP contribution in [-0.4, -0.2) is 16.6 Å². The molecule has 0 spiro atoms. The number of rotatable bonds is 1. The molecule has 0 saturated carbocycles. The molecule has 2 heterocycles. The maximum Gasteiger partial charge on any atom is 0.115 e. The van der Waals surface area contributed by atoms with Gasteiger partial charge < -0.3 is 10.4 Å². The number of benzene rings is 1. The molecule has 0 unspecified atom stereocenters. The zero-order valence-electron chi connectivity index (χ0n) is 10.4. The van der Waals surface area contributed by atoms with E-state index in [2.05, 4.69) is 22.4 Å². The molecule has 0 amide bonds. The van der Waals surface area contributed by atoms with Gasteiger partial charge in [-0.25, -0.2) is 0 Å². The van der Waals surface area contributed by atoms with Crippen LogP contribution in [0.4, 0.5) is 0 Å². The zero-order chi connectivity index (χ0) is 12.5. The van der Waals surface area contributed by atoms with E-state index in [9.17, 15) is 5.11 Å². The van der Waals surface area contributed by atoms with Crippen molar-refractivity contribution >= 4 is 0 Å². The van der Waals surface area contributed by atoms with Crippen molar-refractivity contribution in [3.8, 4) is 5.75 Å². The van der Waals surface area contributed by atoms with Gasteiger partial charge in [-0.3, -0.25) is 4.98 Å². The first kappa shape index (κ1) is 11.2. The highest BCUT2D eigenvalue weighted by atomic mass is 16.3. The molecule has 3 heteroatoms. The van der Waals surface area contributed by atoms with Crippen LogP contribution < -0.4 is 5.32 Å². The third-order valence-corrected chi connectivity index (χ3v) is 3.41. The van der Waals surface area contributed by atoms with Gasteiger partial charge in [0.1, 0.15) is 5.75 Å². The topological polar surface area (TPSA) is 45.1 Å². The Morgan fingerprint density at radius 2 is 2.17 bits per heavy atom. The van der Waals surface area contributed by atoms with E-state index in [1.54, 1.807) is 6.07 Å². The fraction of sp³-hybridized carbons (Fsp3) is 0.267. The molecule has 3 nitrogen and oxygen atoms in total. The van der Waals surface area contributed by atoms with Gasteiger partial charge in [-0.15, -0.1) is 0 Å². The van der Waals surface area contributed by atoms with Gasteiger partial charge in [0.25, 0.3) is 0 Å². The monoisotopic (exact) mass is 240 g/mol. The first-order chi connectivity index (χ1) is 8.74. The molecule has 1 aromatic carbocycles. The second-order valence-electron chi connectivity index (χ2n) is 4.78. The predicted octanol–water partition coefficient (Wildman–Crippen LogP) is 2.33. The Morgan fingerprint density at radius 3 is 2.94 bits per heavy atom. The SMILES string of the molecule is Cc1ccc([C@H]2NCCc3cc(O)ccc32)nc1. The zero-order valence-corrected chi connectivity index (χ0v) is 10.4. The maximum atomic E-state index is 9.55. The van der Waals surface area contributed by atoms with Gasteiger partial charge in [-0.1, -0.05) is 12.1 Å². The normalized spacial score (nSPS) is 18.4. The van der Waals surface area contributed by atoms with Crippen molar-refractivity contribution < 1.29 is 5.11 Å². The van der Waals surface area contributed by atoms with Gasteiger partial charge in [-0.2, -0.15) is 0 Å². The molecule has 0 aliphatic carbocycles. The molecule has 0 radical (unpaired) electrons. The number of phenolic OH excluding ortho intramolecular Hbond substituents is 1. The van der Waals surface area contributed by atoms with Crippen LogP contribution >= 0.6 is 0 Å². The Bertz CT molecular complexity index is 563. The van der Waals surface area contributed by atoms with Crippen LogP contribution in [0.3, 0.4) is 0 Å². The highest BCUT2D eigenvalue weighted by Crippen LogP contribution is 2.29. The number of aryl methyl sites for hydroxylation is 1. The number of phenols is 1. The molecule has 1 aromatic heterocycles. The van der Waals surface area contributed by atoms with Gasteiger partial charge >= 0.3 is 0 Å². The van der Waals surface area contributed by atoms with E-state index in [0.29, 0.717) is 5.75 Å². The molecule has 0 bridgehead atoms. The van der Waals surface area contributed by atoms with Crippen LogP contribution in [0.2, 0.25) is 0 Å². The average molecular weight is 240 g/mol. The Hall–Kier alpha value is -1.87. The standard InChI is InChI=1S/C15H16N2O/c1-10-2-5-14(17-9-10)15-13-4-3-12(18)8-11(13)6-7-16-15/h2-5,8-9,15-16,18H,6-7H2,1H3/t15-/m0/s1. The van der Waals surface area contributed by atoms with Crippen molar-refractivity contribution in [1.82, 2.24) is 10.3 Å². The minimum absolute atomic E-state index is 0.134. The lowest BCUT2D eigenvalue weighted by molar-refractivity contribution is 0.471. The minimum atomic E-state index is 0.134. The first-order valence-electron chi connectivity index (χ1n) is 6.22. The summed E-state index contributed by atoms with van der Waals surface area (Å²) in [6.07, 6.45) is 2.85. The summed E-state index contributed by atoms with van der Waals surface area (Å²) < 4.78 is 0. The third kappa shape index (κ3) is 1.97. The summed E-state index contributed by atoms with van der Waals surface area (Å²) in [6.45, 7) is 2.95. The summed E-state index contributed by atoms with van der Waals surface area (Å²) in [5.41, 5.74) is 4.63. The van der Waals surface area contributed by atoms with Gasteiger partial charge in [-0.05, 0) is 48.2 Å². The summed E-state index contributed by atoms with van der Waals surface area (Å²) in [5, 5.41) is 13.0. The molecule has 92 valence electrons. The number of nitrogens with one attached hydrogen (secondary N) is 1. The van der Waals surface area contributed by atoms with Crippen LogP contribution in [0.1, 0.15) is 28.4 Å². The molecule has 0 saturated heterocycles. The summed E-state index contributed by atoms with van der Waals surface area (Å²) in [5.74, 6) is 0.339. The molecule has 1 aliphatic rings. The number of aromatic hydroxyl groups is 1. The van der Waals surface area contributed by atoms with Crippen LogP contribution in [0.15, 0.2) is 36.5 Å². The van der Waals surface area contributed by atoms with E-state index < -0.39 is 0 Å². The number of hydrogen-bond acceptors (Lipinski definition) is 3. The number of nitrogens with zero attached hydrogens (tertiary/aromatic N) is 1. The quantitative estimate of drug-likeness (QED) is 0.804. The summed E-state index contributed by atoms with van der Waals surface area (Å²) in [4.78, 5) is 4.50. The van der Waals surface area contributed by atoms with E-state index >= 15 is 0 Å². The van der Waals surface area contributed by atoms with Crippen molar-refractivity contribution in [3.63, 3.8) is 0 Å². The summed E-state index contributed by atoms with van der Waals surface area (Å²) >= 11 is 0. The second kappa shape index (κ2) is 4.42. The lowest BCUT2D eigenvalue weighted by Gasteiger charge is -2.26. The summed E-state index contributed by atoms with van der Waals surface area (Å²) in [6, 6.07) is 9.87. The number of hydrogen-bond donors (Lipinski definition) is 2. The predicted molar refractivity (Wildman–Crippen MR) is 70.6 cm³/mol. The van der Waals surface area contributed by atoms with Crippen molar-refractivity contribution in [2.75, 3.05) is 6.54 Å². The van der Waals surface area contributed by atoms with Gasteiger partial charge in [0.2, 0.25) is 0 Å². The van der Waals surface area contributed by atoms with E-state index in [-0.39, 0.29) is 6.04 Å². The number of aromatic nitrogens is 1. The minimum Gasteiger partial charge on any atom is -0.508 e. The number of pyridine rings is 1. The van der Waals surface area contributed by atoms with E-state index in [4.69, 9.17) is 0 Å². The Morgan fingerprint density at radius 1 is 1.28 bits per heavy atom. The van der Waals surface area contributed by atoms with Crippen molar-refractivity contribution in [1.29, 1.82) is 0 Å². The lowest BCUT2D eigenvalue weighted by atomic mass is 9.92. The molecule has 18 heavy (non-hydrogen) atoms. The van der Waals surface area contributed by atoms with Crippen molar-refractivity contribution in [2.24, 2.45) is 0 Å². The largest absolute Gasteiger partial charge is 0.508 e. The van der Waals surface area contributed by atoms with Gasteiger partial charge in [0.05, 0.1) is 11.7 Å². The molecule has 1 aliphatic heterocycles. The molecule has 2 N–H and O–H groups in total. The molecule has 2 aromatic rings. The average Bonchev–Trinajstić information content (AvgIpc) is 2.38. The van der Waals surface area contributed by atoms with Gasteiger partial charge in [0, 0.05) is 12.7 Å². The van der Waals surface area contributed by atoms with Crippen molar-refractivity contribution in [2.45, 2.75) is 19.4 Å². The van der Waals surface area contributed by atoms with Crippen LogP contribution in [0, 0.1) is 6.92 Å². The van der Waals surface area contributed by atoms with Crippen LogP contribution in [0.5, 0.6) is 5.75 Å². The first-order valence-corrected chi connectivity index (χ1v) is 6.22. The molecule has 0 fully saturated rings. The lowest BCUT2D eigenvalue weighted by Crippen LogP contribution is -2.31. The highest BCUT2D eigenvalue weighted by molar-refractivity contribution is 5.41. The van der Waals surface area contributed by atoms with Crippen molar-refractivity contribution in [3.05, 3.63) is 58.9 Å².